The van der Waals surface area contributed by atoms with E-state index >= 15 is 0 Å². The maximum absolute atomic E-state index is 14.0. The summed E-state index contributed by atoms with van der Waals surface area (Å²) in [5, 5.41) is 0. The molecule has 0 spiro atoms. The minimum absolute atomic E-state index is 0.153. The van der Waals surface area contributed by atoms with Gasteiger partial charge in [-0.05, 0) is 66.6 Å². The zero-order valence-electron chi connectivity index (χ0n) is 22.4. The van der Waals surface area contributed by atoms with Gasteiger partial charge in [0.25, 0.3) is 11.8 Å². The number of benzene rings is 3. The first-order chi connectivity index (χ1) is 18.1. The van der Waals surface area contributed by atoms with Gasteiger partial charge in [-0.15, -0.1) is 0 Å². The van der Waals surface area contributed by atoms with Gasteiger partial charge in [0.2, 0.25) is 0 Å². The van der Waals surface area contributed by atoms with Crippen molar-refractivity contribution in [1.82, 2.24) is 9.80 Å². The number of guanidine groups is 1. The highest BCUT2D eigenvalue weighted by Crippen LogP contribution is 2.41. The number of nitrogens with two attached hydrogens (primary N) is 1. The molecule has 0 aliphatic carbocycles. The van der Waals surface area contributed by atoms with Crippen molar-refractivity contribution in [2.75, 3.05) is 7.05 Å². The Bertz CT molecular complexity index is 1320. The topological polar surface area (TPSA) is 79.0 Å². The molecule has 4 rings (SSSR count). The Morgan fingerprint density at radius 2 is 1.71 bits per heavy atom. The molecule has 7 heteroatoms. The normalized spacial score (nSPS) is 18.0. The number of carbonyl (C=O) groups excluding carboxylic acids is 2. The Balaban J connectivity index is 1.58. The first-order valence-electron chi connectivity index (χ1n) is 13.0. The van der Waals surface area contributed by atoms with E-state index in [0.29, 0.717) is 24.4 Å². The molecule has 0 fully saturated rings. The molecule has 1 aliphatic heterocycles. The maximum Gasteiger partial charge on any atom is 0.262 e. The van der Waals surface area contributed by atoms with Crippen LogP contribution in [0.15, 0.2) is 83.9 Å². The summed E-state index contributed by atoms with van der Waals surface area (Å²) in [6, 6.07) is 22.5. The minimum atomic E-state index is -1.06. The van der Waals surface area contributed by atoms with Gasteiger partial charge in [0.15, 0.2) is 11.5 Å². The number of hydrogen-bond donors (Lipinski definition) is 1. The van der Waals surface area contributed by atoms with Crippen molar-refractivity contribution in [3.63, 3.8) is 0 Å². The molecule has 2 atom stereocenters. The summed E-state index contributed by atoms with van der Waals surface area (Å²) >= 11 is 0. The van der Waals surface area contributed by atoms with Crippen LogP contribution in [-0.4, -0.2) is 34.6 Å². The molecular formula is C31H35FN4O2. The highest BCUT2D eigenvalue weighted by atomic mass is 19.1. The van der Waals surface area contributed by atoms with E-state index in [9.17, 15) is 14.0 Å². The summed E-state index contributed by atoms with van der Waals surface area (Å²) in [5.74, 6) is -0.0573. The Hall–Kier alpha value is -4.00. The van der Waals surface area contributed by atoms with Gasteiger partial charge in [-0.25, -0.2) is 9.38 Å². The van der Waals surface area contributed by atoms with E-state index in [0.717, 1.165) is 23.1 Å². The van der Waals surface area contributed by atoms with E-state index < -0.39 is 11.6 Å². The summed E-state index contributed by atoms with van der Waals surface area (Å²) in [5.41, 5.74) is 8.30. The first-order valence-corrected chi connectivity index (χ1v) is 13.0. The van der Waals surface area contributed by atoms with Crippen molar-refractivity contribution in [2.45, 2.75) is 51.7 Å². The Morgan fingerprint density at radius 3 is 2.37 bits per heavy atom. The number of amides is 2. The van der Waals surface area contributed by atoms with Gasteiger partial charge in [-0.3, -0.25) is 14.5 Å². The zero-order chi connectivity index (χ0) is 27.4. The molecule has 2 N–H and O–H groups in total. The molecule has 0 bridgehead atoms. The molecule has 0 saturated carbocycles. The summed E-state index contributed by atoms with van der Waals surface area (Å²) in [7, 11) is 1.71. The van der Waals surface area contributed by atoms with Crippen LogP contribution >= 0.6 is 0 Å². The highest BCUT2D eigenvalue weighted by Gasteiger charge is 2.50. The van der Waals surface area contributed by atoms with E-state index in [1.54, 1.807) is 41.1 Å². The van der Waals surface area contributed by atoms with Crippen LogP contribution in [0.2, 0.25) is 0 Å². The summed E-state index contributed by atoms with van der Waals surface area (Å²) in [6.07, 6.45) is 1.38. The fraction of sp³-hybridized carbons (Fsp3) is 0.323. The van der Waals surface area contributed by atoms with Crippen LogP contribution < -0.4 is 5.73 Å². The number of aliphatic imine (C=N–C) groups is 1. The molecular weight excluding hydrogens is 479 g/mol. The van der Waals surface area contributed by atoms with E-state index in [1.807, 2.05) is 49.4 Å². The monoisotopic (exact) mass is 514 g/mol. The number of rotatable bonds is 9. The van der Waals surface area contributed by atoms with Crippen LogP contribution in [0, 0.1) is 11.7 Å². The lowest BCUT2D eigenvalue weighted by Crippen LogP contribution is -2.44. The molecule has 0 radical (unpaired) electrons. The number of carbonyl (C=O) groups is 2. The summed E-state index contributed by atoms with van der Waals surface area (Å²) < 4.78 is 13.2. The van der Waals surface area contributed by atoms with Crippen LogP contribution in [0.5, 0.6) is 0 Å². The molecule has 38 heavy (non-hydrogen) atoms. The lowest BCUT2D eigenvalue weighted by molar-refractivity contribution is -0.133. The van der Waals surface area contributed by atoms with Crippen LogP contribution in [-0.2, 0) is 16.9 Å². The van der Waals surface area contributed by atoms with Gasteiger partial charge < -0.3 is 10.6 Å². The van der Waals surface area contributed by atoms with E-state index in [1.165, 1.54) is 12.1 Å². The van der Waals surface area contributed by atoms with Crippen molar-refractivity contribution in [3.8, 4) is 0 Å². The lowest BCUT2D eigenvalue weighted by Gasteiger charge is -2.30. The lowest BCUT2D eigenvalue weighted by atomic mass is 9.83. The van der Waals surface area contributed by atoms with E-state index in [-0.39, 0.29) is 23.6 Å². The largest absolute Gasteiger partial charge is 0.369 e. The molecule has 1 heterocycles. The smallest absolute Gasteiger partial charge is 0.262 e. The highest BCUT2D eigenvalue weighted by molar-refractivity contribution is 6.07. The van der Waals surface area contributed by atoms with Crippen LogP contribution in [0.3, 0.4) is 0 Å². The predicted octanol–water partition coefficient (Wildman–Crippen LogP) is 5.65. The molecule has 2 amide bonds. The van der Waals surface area contributed by atoms with Gasteiger partial charge in [0, 0.05) is 19.2 Å². The van der Waals surface area contributed by atoms with Crippen LogP contribution in [0.1, 0.15) is 66.7 Å². The molecule has 0 saturated heterocycles. The van der Waals surface area contributed by atoms with E-state index in [2.05, 4.69) is 13.8 Å². The maximum atomic E-state index is 14.0. The average Bonchev–Trinajstić information content (AvgIpc) is 3.18. The third-order valence-electron chi connectivity index (χ3n) is 7.14. The number of nitrogens with zero attached hydrogens (tertiary/aromatic N) is 3. The quantitative estimate of drug-likeness (QED) is 0.401. The third kappa shape index (κ3) is 5.47. The molecule has 3 aromatic carbocycles. The minimum Gasteiger partial charge on any atom is -0.369 e. The predicted molar refractivity (Wildman–Crippen MR) is 148 cm³/mol. The van der Waals surface area contributed by atoms with Crippen molar-refractivity contribution >= 4 is 17.8 Å². The van der Waals surface area contributed by atoms with E-state index in [4.69, 9.17) is 10.7 Å². The van der Waals surface area contributed by atoms with Crippen LogP contribution in [0.4, 0.5) is 4.39 Å². The van der Waals surface area contributed by atoms with Crippen molar-refractivity contribution in [2.24, 2.45) is 16.6 Å². The van der Waals surface area contributed by atoms with Gasteiger partial charge >= 0.3 is 0 Å². The molecule has 0 aromatic heterocycles. The van der Waals surface area contributed by atoms with Gasteiger partial charge in [-0.1, -0.05) is 68.4 Å². The van der Waals surface area contributed by atoms with Gasteiger partial charge in [-0.2, -0.15) is 0 Å². The third-order valence-corrected chi connectivity index (χ3v) is 7.14. The standard InChI is InChI=1S/C31H35FN4O2/c1-21(2)17-18-31(26-11-6-5-7-12-26)29(38)36(30(33)34-31)22(3)24-9-8-10-25(19-24)28(37)35(4)20-23-13-15-27(32)16-14-23/h5-16,19,21-22H,17-18,20H2,1-4H3,(H2,33,34)/t22-,31?/m1/s1. The fourth-order valence-corrected chi connectivity index (χ4v) is 4.92. The Labute approximate surface area is 224 Å². The number of halogens is 1. The first kappa shape index (κ1) is 27.0. The Kier molecular flexibility index (Phi) is 7.95. The molecule has 1 aliphatic rings. The van der Waals surface area contributed by atoms with Crippen molar-refractivity contribution < 1.29 is 14.0 Å². The second kappa shape index (κ2) is 11.2. The SMILES string of the molecule is CC(C)CCC1(c2ccccc2)N=C(N)N([C@H](C)c2cccc(C(=O)N(C)Cc3ccc(F)cc3)c2)C1=O. The second-order valence-electron chi connectivity index (χ2n) is 10.4. The van der Waals surface area contributed by atoms with Crippen molar-refractivity contribution in [3.05, 3.63) is 107 Å². The number of hydrogen-bond acceptors (Lipinski definition) is 4. The summed E-state index contributed by atoms with van der Waals surface area (Å²) in [4.78, 5) is 35.2. The fourth-order valence-electron chi connectivity index (χ4n) is 4.92. The summed E-state index contributed by atoms with van der Waals surface area (Å²) in [6.45, 7) is 6.50. The molecule has 1 unspecified atom stereocenters. The molecule has 198 valence electrons. The zero-order valence-corrected chi connectivity index (χ0v) is 22.4. The van der Waals surface area contributed by atoms with Crippen molar-refractivity contribution in [1.29, 1.82) is 0 Å². The average molecular weight is 515 g/mol. The van der Waals surface area contributed by atoms with Gasteiger partial charge in [0.1, 0.15) is 5.82 Å². The van der Waals surface area contributed by atoms with Gasteiger partial charge in [0.05, 0.1) is 6.04 Å². The molecule has 3 aromatic rings. The Morgan fingerprint density at radius 1 is 1.03 bits per heavy atom. The second-order valence-corrected chi connectivity index (χ2v) is 10.4. The molecule has 6 nitrogen and oxygen atoms in total. The van der Waals surface area contributed by atoms with Crippen LogP contribution in [0.25, 0.3) is 0 Å².